The molecule has 4 saturated carbocycles. The summed E-state index contributed by atoms with van der Waals surface area (Å²) in [5, 5.41) is 11.4. The van der Waals surface area contributed by atoms with Crippen LogP contribution in [0.5, 0.6) is 5.75 Å². The largest absolute Gasteiger partial charge is 0.485 e. The lowest BCUT2D eigenvalue weighted by atomic mass is 9.34. The molecule has 2 spiro atoms. The van der Waals surface area contributed by atoms with Crippen LogP contribution in [0.25, 0.3) is 0 Å². The summed E-state index contributed by atoms with van der Waals surface area (Å²) >= 11 is 0. The van der Waals surface area contributed by atoms with Crippen molar-refractivity contribution in [3.05, 3.63) is 28.8 Å². The van der Waals surface area contributed by atoms with Crippen molar-refractivity contribution in [3.63, 3.8) is 0 Å². The van der Waals surface area contributed by atoms with Crippen molar-refractivity contribution in [2.24, 2.45) is 23.0 Å². The number of carbonyl (C=O) groups is 1. The molecule has 6 nitrogen and oxygen atoms in total. The van der Waals surface area contributed by atoms with E-state index in [9.17, 15) is 9.90 Å². The fourth-order valence-corrected chi connectivity index (χ4v) is 9.44. The number of hydrogen-bond donors (Lipinski definition) is 2. The molecular weight excluding hydrogens is 416 g/mol. The van der Waals surface area contributed by atoms with E-state index in [4.69, 9.17) is 15.2 Å². The number of piperidine rings is 1. The first-order valence-corrected chi connectivity index (χ1v) is 12.8. The number of amides is 1. The molecule has 1 aromatic rings. The van der Waals surface area contributed by atoms with Gasteiger partial charge in [0.1, 0.15) is 17.5 Å². The van der Waals surface area contributed by atoms with Crippen molar-refractivity contribution in [2.45, 2.75) is 87.6 Å². The Bertz CT molecular complexity index is 1060. The first-order chi connectivity index (χ1) is 15.7. The van der Waals surface area contributed by atoms with Crippen molar-refractivity contribution in [1.29, 1.82) is 0 Å². The van der Waals surface area contributed by atoms with E-state index in [0.717, 1.165) is 44.6 Å². The van der Waals surface area contributed by atoms with Crippen LogP contribution in [0.3, 0.4) is 0 Å². The minimum Gasteiger partial charge on any atom is -0.485 e. The average molecular weight is 453 g/mol. The van der Waals surface area contributed by atoms with Gasteiger partial charge in [0.2, 0.25) is 0 Å². The summed E-state index contributed by atoms with van der Waals surface area (Å²) in [6.07, 6.45) is 7.43. The van der Waals surface area contributed by atoms with Gasteiger partial charge in [-0.3, -0.25) is 9.69 Å². The third-order valence-corrected chi connectivity index (χ3v) is 10.8. The van der Waals surface area contributed by atoms with E-state index >= 15 is 0 Å². The van der Waals surface area contributed by atoms with Crippen LogP contribution in [0.2, 0.25) is 0 Å². The lowest BCUT2D eigenvalue weighted by Crippen LogP contribution is -2.82. The van der Waals surface area contributed by atoms with Gasteiger partial charge in [0.05, 0.1) is 11.2 Å². The fraction of sp³-hybridized carbons (Fsp3) is 0.741. The molecule has 7 aliphatic rings. The predicted octanol–water partition coefficient (Wildman–Crippen LogP) is 2.78. The second kappa shape index (κ2) is 6.13. The van der Waals surface area contributed by atoms with E-state index in [1.807, 2.05) is 19.9 Å². The lowest BCUT2D eigenvalue weighted by molar-refractivity contribution is -0.300. The molecule has 0 unspecified atom stereocenters. The monoisotopic (exact) mass is 452 g/mol. The van der Waals surface area contributed by atoms with Crippen LogP contribution in [0.1, 0.15) is 73.9 Å². The van der Waals surface area contributed by atoms with Gasteiger partial charge < -0.3 is 20.3 Å². The molecule has 5 fully saturated rings. The summed E-state index contributed by atoms with van der Waals surface area (Å²) < 4.78 is 13.3. The molecule has 4 bridgehead atoms. The second-order valence-corrected chi connectivity index (χ2v) is 12.4. The van der Waals surface area contributed by atoms with Gasteiger partial charge in [0.15, 0.2) is 0 Å². The van der Waals surface area contributed by atoms with Gasteiger partial charge in [0, 0.05) is 42.0 Å². The summed E-state index contributed by atoms with van der Waals surface area (Å²) in [6.45, 7) is 6.13. The summed E-state index contributed by atoms with van der Waals surface area (Å²) in [7, 11) is 1.79. The normalized spacial score (nSPS) is 42.7. The molecule has 0 radical (unpaired) electrons. The zero-order valence-electron chi connectivity index (χ0n) is 20.0. The summed E-state index contributed by atoms with van der Waals surface area (Å²) in [5.41, 5.74) is 7.29. The zero-order chi connectivity index (χ0) is 23.0. The van der Waals surface area contributed by atoms with E-state index in [2.05, 4.69) is 11.0 Å². The van der Waals surface area contributed by atoms with Crippen molar-refractivity contribution in [3.8, 4) is 5.75 Å². The van der Waals surface area contributed by atoms with Gasteiger partial charge >= 0.3 is 0 Å². The van der Waals surface area contributed by atoms with Crippen LogP contribution in [0, 0.1) is 17.3 Å². The van der Waals surface area contributed by atoms with Gasteiger partial charge in [-0.1, -0.05) is 6.07 Å². The first kappa shape index (κ1) is 20.7. The van der Waals surface area contributed by atoms with Gasteiger partial charge in [0.25, 0.3) is 5.91 Å². The number of fused-ring (bicyclic) bond motifs is 2. The van der Waals surface area contributed by atoms with Gasteiger partial charge in [-0.25, -0.2) is 0 Å². The molecular formula is C27H36N2O4. The number of ether oxygens (including phenoxy) is 2. The minimum atomic E-state index is -0.883. The molecule has 2 heterocycles. The average Bonchev–Trinajstić information content (AvgIpc) is 3.51. The molecule has 1 aromatic carbocycles. The van der Waals surface area contributed by atoms with E-state index < -0.39 is 17.1 Å². The highest BCUT2D eigenvalue weighted by molar-refractivity contribution is 5.97. The zero-order valence-corrected chi connectivity index (χ0v) is 20.0. The van der Waals surface area contributed by atoms with E-state index in [-0.39, 0.29) is 22.9 Å². The fourth-order valence-electron chi connectivity index (χ4n) is 9.44. The molecule has 8 rings (SSSR count). The molecule has 1 saturated heterocycles. The summed E-state index contributed by atoms with van der Waals surface area (Å²) in [5.74, 6) is 1.10. The summed E-state index contributed by atoms with van der Waals surface area (Å²) in [6, 6.07) is 4.45. The van der Waals surface area contributed by atoms with Crippen molar-refractivity contribution < 1.29 is 19.4 Å². The number of hydrogen-bond acceptors (Lipinski definition) is 5. The Labute approximate surface area is 195 Å². The number of likely N-dealkylation sites (tertiary alicyclic amines) is 1. The van der Waals surface area contributed by atoms with Crippen LogP contribution in [0.4, 0.5) is 0 Å². The van der Waals surface area contributed by atoms with Crippen LogP contribution >= 0.6 is 0 Å². The third kappa shape index (κ3) is 2.24. The van der Waals surface area contributed by atoms with Gasteiger partial charge in [-0.2, -0.15) is 0 Å². The molecule has 6 heteroatoms. The van der Waals surface area contributed by atoms with Crippen LogP contribution in [0.15, 0.2) is 12.1 Å². The Morgan fingerprint density at radius 3 is 2.76 bits per heavy atom. The van der Waals surface area contributed by atoms with E-state index in [0.29, 0.717) is 17.4 Å². The predicted molar refractivity (Wildman–Crippen MR) is 123 cm³/mol. The van der Waals surface area contributed by atoms with Crippen LogP contribution < -0.4 is 10.5 Å². The molecule has 178 valence electrons. The highest BCUT2D eigenvalue weighted by Gasteiger charge is 2.81. The number of nitrogens with zero attached hydrogens (tertiary/aromatic N) is 1. The van der Waals surface area contributed by atoms with Crippen molar-refractivity contribution in [2.75, 3.05) is 20.2 Å². The Balaban J connectivity index is 1.50. The Morgan fingerprint density at radius 1 is 1.30 bits per heavy atom. The van der Waals surface area contributed by atoms with Crippen LogP contribution in [-0.4, -0.2) is 59.5 Å². The molecule has 1 amide bonds. The highest BCUT2D eigenvalue weighted by Crippen LogP contribution is 2.77. The molecule has 2 aliphatic heterocycles. The second-order valence-electron chi connectivity index (χ2n) is 12.4. The maximum absolute atomic E-state index is 12.4. The van der Waals surface area contributed by atoms with Crippen molar-refractivity contribution in [1.82, 2.24) is 4.90 Å². The smallest absolute Gasteiger partial charge is 0.252 e. The third-order valence-electron chi connectivity index (χ3n) is 10.8. The first-order valence-electron chi connectivity index (χ1n) is 12.8. The standard InChI is InChI=1S/C27H36N2O4/c1-24(2,31)18-13-25-8-9-27(18,32-3)23-26(25)10-11-29(14-15-4-5-15)19(25)12-16-6-7-17(22(28)30)21(33-23)20(16)26/h6-7,15,18-19,23,31H,4-5,8-14H2,1-3H3,(H2,28,30)/t18-,19-,23-,25-,26+,27-/m1/s1. The van der Waals surface area contributed by atoms with Gasteiger partial charge in [-0.15, -0.1) is 0 Å². The number of aliphatic hydroxyl groups is 1. The molecule has 6 atom stereocenters. The Morgan fingerprint density at radius 2 is 2.09 bits per heavy atom. The van der Waals surface area contributed by atoms with Crippen molar-refractivity contribution >= 4 is 5.91 Å². The highest BCUT2D eigenvalue weighted by atomic mass is 16.6. The molecule has 33 heavy (non-hydrogen) atoms. The number of methoxy groups -OCH3 is 1. The number of benzene rings is 1. The number of primary amides is 1. The summed E-state index contributed by atoms with van der Waals surface area (Å²) in [4.78, 5) is 15.2. The topological polar surface area (TPSA) is 85.0 Å². The number of nitrogens with two attached hydrogens (primary N) is 1. The minimum absolute atomic E-state index is 0.0181. The lowest BCUT2D eigenvalue weighted by Gasteiger charge is -2.75. The maximum Gasteiger partial charge on any atom is 0.252 e. The Kier molecular flexibility index (Phi) is 3.85. The SMILES string of the molecule is CO[C@]12CC[C@@]3(C[C@@H]1C(C)(C)O)[C@H]1Cc4ccc(C(N)=O)c5c4[C@@]3(CCN1CC1CC1)[C@H]2O5. The van der Waals surface area contributed by atoms with E-state index in [1.54, 1.807) is 7.11 Å². The van der Waals surface area contributed by atoms with Crippen LogP contribution in [-0.2, 0) is 16.6 Å². The van der Waals surface area contributed by atoms with Gasteiger partial charge in [-0.05, 0) is 82.9 Å². The molecule has 3 N–H and O–H groups in total. The quantitative estimate of drug-likeness (QED) is 0.718. The van der Waals surface area contributed by atoms with E-state index in [1.165, 1.54) is 30.5 Å². The molecule has 5 aliphatic carbocycles. The maximum atomic E-state index is 12.4. The molecule has 0 aromatic heterocycles. The number of carbonyl (C=O) groups excluding carboxylic acids is 1. The number of rotatable bonds is 5. The Hall–Kier alpha value is -1.63.